The fourth-order valence-electron chi connectivity index (χ4n) is 2.47. The van der Waals surface area contributed by atoms with E-state index in [4.69, 9.17) is 9.47 Å². The molecule has 0 bridgehead atoms. The molecule has 1 fully saturated rings. The smallest absolute Gasteiger partial charge is 0.328 e. The first kappa shape index (κ1) is 16.5. The first-order chi connectivity index (χ1) is 10.6. The van der Waals surface area contributed by atoms with Crippen molar-refractivity contribution in [2.24, 2.45) is 0 Å². The summed E-state index contributed by atoms with van der Waals surface area (Å²) in [5, 5.41) is 0. The zero-order valence-corrected chi connectivity index (χ0v) is 13.0. The van der Waals surface area contributed by atoms with Crippen LogP contribution in [0.5, 0.6) is 0 Å². The predicted octanol–water partition coefficient (Wildman–Crippen LogP) is 0.913. The number of hydrogen-bond acceptors (Lipinski definition) is 5. The maximum absolute atomic E-state index is 12.7. The lowest BCUT2D eigenvalue weighted by Gasteiger charge is -2.32. The Bertz CT molecular complexity index is 500. The van der Waals surface area contributed by atoms with Gasteiger partial charge in [-0.15, -0.1) is 0 Å². The molecule has 1 atom stereocenters. The molecule has 1 aliphatic rings. The third-order valence-electron chi connectivity index (χ3n) is 3.70. The number of carbonyl (C=O) groups excluding carboxylic acids is 2. The maximum Gasteiger partial charge on any atom is 0.328 e. The van der Waals surface area contributed by atoms with E-state index in [1.54, 1.807) is 6.92 Å². The fraction of sp³-hybridized carbons (Fsp3) is 0.500. The second-order valence-corrected chi connectivity index (χ2v) is 5.19. The van der Waals surface area contributed by atoms with E-state index >= 15 is 0 Å². The van der Waals surface area contributed by atoms with Crippen molar-refractivity contribution in [1.29, 1.82) is 0 Å². The van der Waals surface area contributed by atoms with Crippen molar-refractivity contribution in [1.82, 2.24) is 4.90 Å². The summed E-state index contributed by atoms with van der Waals surface area (Å²) in [7, 11) is 1.33. The van der Waals surface area contributed by atoms with Gasteiger partial charge >= 0.3 is 5.97 Å². The van der Waals surface area contributed by atoms with Gasteiger partial charge in [0.2, 0.25) is 5.91 Å². The van der Waals surface area contributed by atoms with Crippen LogP contribution in [0.2, 0.25) is 0 Å². The molecular weight excluding hydrogens is 284 g/mol. The number of esters is 1. The van der Waals surface area contributed by atoms with Crippen LogP contribution in [0.25, 0.3) is 0 Å². The number of anilines is 1. The number of carbonyl (C=O) groups is 2. The van der Waals surface area contributed by atoms with Gasteiger partial charge in [-0.05, 0) is 19.1 Å². The Balaban J connectivity index is 2.16. The number of para-hydroxylation sites is 1. The van der Waals surface area contributed by atoms with Crippen LogP contribution < -0.4 is 4.90 Å². The summed E-state index contributed by atoms with van der Waals surface area (Å²) in [6.07, 6.45) is 0. The van der Waals surface area contributed by atoms with Crippen molar-refractivity contribution in [2.75, 3.05) is 44.9 Å². The lowest BCUT2D eigenvalue weighted by molar-refractivity contribution is -0.143. The highest BCUT2D eigenvalue weighted by Gasteiger charge is 2.29. The number of benzene rings is 1. The number of morpholine rings is 1. The number of amides is 1. The van der Waals surface area contributed by atoms with Crippen molar-refractivity contribution >= 4 is 17.6 Å². The third kappa shape index (κ3) is 4.05. The van der Waals surface area contributed by atoms with Gasteiger partial charge < -0.3 is 9.47 Å². The predicted molar refractivity (Wildman–Crippen MR) is 82.7 cm³/mol. The van der Waals surface area contributed by atoms with Crippen LogP contribution >= 0.6 is 0 Å². The van der Waals surface area contributed by atoms with Gasteiger partial charge in [-0.25, -0.2) is 4.79 Å². The lowest BCUT2D eigenvalue weighted by Crippen LogP contribution is -2.50. The lowest BCUT2D eigenvalue weighted by atomic mass is 10.2. The van der Waals surface area contributed by atoms with Crippen molar-refractivity contribution in [3.63, 3.8) is 0 Å². The number of methoxy groups -OCH3 is 1. The molecule has 1 amide bonds. The van der Waals surface area contributed by atoms with E-state index in [2.05, 4.69) is 0 Å². The Kier molecular flexibility index (Phi) is 5.91. The molecular formula is C16H22N2O4. The molecule has 1 aromatic carbocycles. The van der Waals surface area contributed by atoms with Crippen molar-refractivity contribution in [3.8, 4) is 0 Å². The average molecular weight is 306 g/mol. The summed E-state index contributed by atoms with van der Waals surface area (Å²) in [6.45, 7) is 4.65. The Labute approximate surface area is 130 Å². The number of hydrogen-bond donors (Lipinski definition) is 0. The summed E-state index contributed by atoms with van der Waals surface area (Å²) in [6, 6.07) is 8.52. The summed E-state index contributed by atoms with van der Waals surface area (Å²) in [5.41, 5.74) is 0.693. The Morgan fingerprint density at radius 2 is 1.91 bits per heavy atom. The van der Waals surface area contributed by atoms with Gasteiger partial charge in [-0.2, -0.15) is 0 Å². The van der Waals surface area contributed by atoms with Crippen molar-refractivity contribution in [2.45, 2.75) is 13.0 Å². The van der Waals surface area contributed by atoms with Gasteiger partial charge in [-0.3, -0.25) is 14.6 Å². The third-order valence-corrected chi connectivity index (χ3v) is 3.70. The SMILES string of the molecule is COC(=O)[C@H](C)N(C(=O)CN1CCOCC1)c1ccccc1. The standard InChI is InChI=1S/C16H22N2O4/c1-13(16(20)21-2)18(14-6-4-3-5-7-14)15(19)12-17-8-10-22-11-9-17/h3-7,13H,8-12H2,1-2H3/t13-/m0/s1. The molecule has 0 unspecified atom stereocenters. The minimum absolute atomic E-state index is 0.119. The molecule has 1 aromatic rings. The zero-order chi connectivity index (χ0) is 15.9. The molecule has 6 heteroatoms. The molecule has 0 aromatic heterocycles. The van der Waals surface area contributed by atoms with E-state index in [1.807, 2.05) is 35.2 Å². The fourth-order valence-corrected chi connectivity index (χ4v) is 2.47. The van der Waals surface area contributed by atoms with E-state index in [-0.39, 0.29) is 12.5 Å². The van der Waals surface area contributed by atoms with E-state index < -0.39 is 12.0 Å². The van der Waals surface area contributed by atoms with Crippen LogP contribution in [0, 0.1) is 0 Å². The second-order valence-electron chi connectivity index (χ2n) is 5.19. The summed E-state index contributed by atoms with van der Waals surface area (Å²) < 4.78 is 10.1. The average Bonchev–Trinajstić information content (AvgIpc) is 2.56. The summed E-state index contributed by atoms with van der Waals surface area (Å²) in [5.74, 6) is -0.551. The van der Waals surface area contributed by atoms with Crippen molar-refractivity contribution < 1.29 is 19.1 Å². The molecule has 22 heavy (non-hydrogen) atoms. The molecule has 0 aliphatic carbocycles. The Morgan fingerprint density at radius 1 is 1.27 bits per heavy atom. The number of rotatable bonds is 5. The Hall–Kier alpha value is -1.92. The normalized spacial score (nSPS) is 16.8. The van der Waals surface area contributed by atoms with E-state index in [0.29, 0.717) is 18.9 Å². The highest BCUT2D eigenvalue weighted by molar-refractivity contribution is 6.00. The topological polar surface area (TPSA) is 59.1 Å². The Morgan fingerprint density at radius 3 is 2.50 bits per heavy atom. The highest BCUT2D eigenvalue weighted by Crippen LogP contribution is 2.18. The first-order valence-electron chi connectivity index (χ1n) is 7.38. The quantitative estimate of drug-likeness (QED) is 0.757. The van der Waals surface area contributed by atoms with Crippen LogP contribution in [0.1, 0.15) is 6.92 Å². The molecule has 1 heterocycles. The van der Waals surface area contributed by atoms with Gasteiger partial charge in [-0.1, -0.05) is 18.2 Å². The van der Waals surface area contributed by atoms with Crippen LogP contribution in [-0.2, 0) is 19.1 Å². The van der Waals surface area contributed by atoms with Crippen LogP contribution in [0.4, 0.5) is 5.69 Å². The molecule has 0 radical (unpaired) electrons. The molecule has 6 nitrogen and oxygen atoms in total. The number of nitrogens with zero attached hydrogens (tertiary/aromatic N) is 2. The minimum atomic E-state index is -0.666. The van der Waals surface area contributed by atoms with Gasteiger partial charge in [0.1, 0.15) is 6.04 Å². The van der Waals surface area contributed by atoms with Gasteiger partial charge in [0.05, 0.1) is 26.9 Å². The number of ether oxygens (including phenoxy) is 2. The first-order valence-corrected chi connectivity index (χ1v) is 7.38. The minimum Gasteiger partial charge on any atom is -0.467 e. The van der Waals surface area contributed by atoms with Gasteiger partial charge in [0.15, 0.2) is 0 Å². The molecule has 120 valence electrons. The van der Waals surface area contributed by atoms with E-state index in [0.717, 1.165) is 13.1 Å². The largest absolute Gasteiger partial charge is 0.467 e. The second kappa shape index (κ2) is 7.91. The molecule has 1 aliphatic heterocycles. The van der Waals surface area contributed by atoms with Crippen LogP contribution in [0.15, 0.2) is 30.3 Å². The van der Waals surface area contributed by atoms with Crippen LogP contribution in [0.3, 0.4) is 0 Å². The van der Waals surface area contributed by atoms with Gasteiger partial charge in [0, 0.05) is 18.8 Å². The summed E-state index contributed by atoms with van der Waals surface area (Å²) in [4.78, 5) is 28.1. The van der Waals surface area contributed by atoms with E-state index in [9.17, 15) is 9.59 Å². The van der Waals surface area contributed by atoms with Gasteiger partial charge in [0.25, 0.3) is 0 Å². The van der Waals surface area contributed by atoms with Crippen molar-refractivity contribution in [3.05, 3.63) is 30.3 Å². The molecule has 0 N–H and O–H groups in total. The molecule has 0 spiro atoms. The molecule has 2 rings (SSSR count). The molecule has 0 saturated carbocycles. The zero-order valence-electron chi connectivity index (χ0n) is 13.0. The summed E-state index contributed by atoms with van der Waals surface area (Å²) >= 11 is 0. The van der Waals surface area contributed by atoms with Crippen LogP contribution in [-0.4, -0.2) is 62.8 Å². The maximum atomic E-state index is 12.7. The van der Waals surface area contributed by atoms with E-state index in [1.165, 1.54) is 12.0 Å². The molecule has 1 saturated heterocycles. The highest BCUT2D eigenvalue weighted by atomic mass is 16.5. The monoisotopic (exact) mass is 306 g/mol.